The summed E-state index contributed by atoms with van der Waals surface area (Å²) >= 11 is 5.93. The molecule has 0 atom stereocenters. The fourth-order valence-electron chi connectivity index (χ4n) is 3.31. The Hall–Kier alpha value is -4.30. The first-order valence-electron chi connectivity index (χ1n) is 10.2. The van der Waals surface area contributed by atoms with Crippen LogP contribution in [0.3, 0.4) is 0 Å². The monoisotopic (exact) mass is 476 g/mol. The van der Waals surface area contributed by atoms with Gasteiger partial charge >= 0.3 is 0 Å². The minimum absolute atomic E-state index is 0.0347. The summed E-state index contributed by atoms with van der Waals surface area (Å²) in [6, 6.07) is 20.0. The van der Waals surface area contributed by atoms with Gasteiger partial charge in [-0.25, -0.2) is 9.07 Å². The molecule has 0 fully saturated rings. The standard InChI is InChI=1S/C25H18ClFN4O3/c26-20-11-6-12-21(27)19(20)13-14-22(32)28-29-24(33)23-17-9-4-5-10-18(17)25(34)31(30-23)15-16-7-2-1-3-8-16/h1-14H,15H2,(H,28,32)(H,29,33)/b14-13+. The Morgan fingerprint density at radius 3 is 2.38 bits per heavy atom. The van der Waals surface area contributed by atoms with Gasteiger partial charge in [0.1, 0.15) is 5.82 Å². The molecule has 4 aromatic rings. The van der Waals surface area contributed by atoms with Crippen LogP contribution < -0.4 is 16.4 Å². The third-order valence-electron chi connectivity index (χ3n) is 4.96. The lowest BCUT2D eigenvalue weighted by molar-refractivity contribution is -0.117. The molecule has 1 heterocycles. The van der Waals surface area contributed by atoms with Gasteiger partial charge in [0, 0.05) is 17.0 Å². The van der Waals surface area contributed by atoms with E-state index in [1.54, 1.807) is 24.3 Å². The van der Waals surface area contributed by atoms with Gasteiger partial charge in [-0.2, -0.15) is 5.10 Å². The highest BCUT2D eigenvalue weighted by Gasteiger charge is 2.17. The van der Waals surface area contributed by atoms with E-state index in [1.165, 1.54) is 29.0 Å². The average molecular weight is 477 g/mol. The third-order valence-corrected chi connectivity index (χ3v) is 5.29. The van der Waals surface area contributed by atoms with Crippen LogP contribution in [0.5, 0.6) is 0 Å². The molecule has 1 aromatic heterocycles. The number of nitrogens with one attached hydrogen (secondary N) is 2. The van der Waals surface area contributed by atoms with Crippen molar-refractivity contribution in [3.05, 3.63) is 117 Å². The maximum Gasteiger partial charge on any atom is 0.290 e. The Morgan fingerprint density at radius 1 is 0.941 bits per heavy atom. The van der Waals surface area contributed by atoms with E-state index in [0.29, 0.717) is 10.8 Å². The zero-order valence-corrected chi connectivity index (χ0v) is 18.4. The van der Waals surface area contributed by atoms with Gasteiger partial charge < -0.3 is 0 Å². The molecule has 0 radical (unpaired) electrons. The smallest absolute Gasteiger partial charge is 0.268 e. The Labute approximate surface area is 198 Å². The zero-order valence-electron chi connectivity index (χ0n) is 17.7. The molecule has 0 saturated carbocycles. The van der Waals surface area contributed by atoms with Gasteiger partial charge in [-0.1, -0.05) is 66.2 Å². The number of carbonyl (C=O) groups is 2. The first-order valence-corrected chi connectivity index (χ1v) is 10.6. The number of hydrazine groups is 1. The van der Waals surface area contributed by atoms with E-state index in [1.807, 2.05) is 30.3 Å². The number of aromatic nitrogens is 2. The number of hydrogen-bond acceptors (Lipinski definition) is 4. The van der Waals surface area contributed by atoms with E-state index >= 15 is 0 Å². The molecule has 0 bridgehead atoms. The molecular formula is C25H18ClFN4O3. The first-order chi connectivity index (χ1) is 16.4. The second-order valence-corrected chi connectivity index (χ2v) is 7.66. The summed E-state index contributed by atoms with van der Waals surface area (Å²) in [4.78, 5) is 37.9. The fraction of sp³-hybridized carbons (Fsp3) is 0.0400. The summed E-state index contributed by atoms with van der Waals surface area (Å²) in [5.41, 5.74) is 5.00. The molecule has 0 saturated heterocycles. The van der Waals surface area contributed by atoms with Crippen LogP contribution in [0, 0.1) is 5.82 Å². The minimum atomic E-state index is -0.719. The molecule has 2 N–H and O–H groups in total. The molecular weight excluding hydrogens is 459 g/mol. The largest absolute Gasteiger partial charge is 0.290 e. The van der Waals surface area contributed by atoms with Crippen LogP contribution in [0.25, 0.3) is 16.8 Å². The number of nitrogens with zero attached hydrogens (tertiary/aromatic N) is 2. The molecule has 0 unspecified atom stereocenters. The summed E-state index contributed by atoms with van der Waals surface area (Å²) in [5.74, 6) is -2.02. The van der Waals surface area contributed by atoms with Crippen LogP contribution in [0.1, 0.15) is 21.6 Å². The molecule has 170 valence electrons. The Kier molecular flexibility index (Phi) is 6.79. The summed E-state index contributed by atoms with van der Waals surface area (Å²) in [6.45, 7) is 0.170. The lowest BCUT2D eigenvalue weighted by Gasteiger charge is -2.11. The van der Waals surface area contributed by atoms with Crippen molar-refractivity contribution in [3.63, 3.8) is 0 Å². The Morgan fingerprint density at radius 2 is 1.65 bits per heavy atom. The van der Waals surface area contributed by atoms with Gasteiger partial charge in [0.05, 0.1) is 17.0 Å². The molecule has 2 amide bonds. The van der Waals surface area contributed by atoms with Crippen LogP contribution in [0.15, 0.2) is 83.7 Å². The molecule has 4 rings (SSSR count). The molecule has 0 aliphatic carbocycles. The zero-order chi connectivity index (χ0) is 24.1. The van der Waals surface area contributed by atoms with Gasteiger partial charge in [-0.3, -0.25) is 25.2 Å². The summed E-state index contributed by atoms with van der Waals surface area (Å²) in [6.07, 6.45) is 2.24. The third kappa shape index (κ3) is 5.02. The summed E-state index contributed by atoms with van der Waals surface area (Å²) in [7, 11) is 0. The van der Waals surface area contributed by atoms with Crippen molar-refractivity contribution >= 4 is 40.3 Å². The number of fused-ring (bicyclic) bond motifs is 1. The van der Waals surface area contributed by atoms with Crippen molar-refractivity contribution < 1.29 is 14.0 Å². The highest BCUT2D eigenvalue weighted by atomic mass is 35.5. The van der Waals surface area contributed by atoms with Crippen molar-refractivity contribution in [2.75, 3.05) is 0 Å². The summed E-state index contributed by atoms with van der Waals surface area (Å²) < 4.78 is 15.0. The quantitative estimate of drug-likeness (QED) is 0.339. The van der Waals surface area contributed by atoms with E-state index < -0.39 is 17.6 Å². The Balaban J connectivity index is 1.56. The van der Waals surface area contributed by atoms with Crippen molar-refractivity contribution in [1.29, 1.82) is 0 Å². The predicted molar refractivity (Wildman–Crippen MR) is 128 cm³/mol. The highest BCUT2D eigenvalue weighted by Crippen LogP contribution is 2.20. The molecule has 34 heavy (non-hydrogen) atoms. The van der Waals surface area contributed by atoms with Gasteiger partial charge in [0.15, 0.2) is 5.69 Å². The second kappa shape index (κ2) is 10.1. The van der Waals surface area contributed by atoms with Gasteiger partial charge in [0.25, 0.3) is 17.4 Å². The normalized spacial score (nSPS) is 11.0. The van der Waals surface area contributed by atoms with Gasteiger partial charge in [-0.15, -0.1) is 0 Å². The SMILES string of the molecule is O=C(/C=C/c1c(F)cccc1Cl)NNC(=O)c1nn(Cc2ccccc2)c(=O)c2ccccc12. The van der Waals surface area contributed by atoms with Crippen molar-refractivity contribution in [3.8, 4) is 0 Å². The first kappa shape index (κ1) is 22.9. The van der Waals surface area contributed by atoms with E-state index in [-0.39, 0.29) is 28.4 Å². The number of hydrogen-bond donors (Lipinski definition) is 2. The maximum absolute atomic E-state index is 13.8. The molecule has 0 aliphatic heterocycles. The molecule has 7 nitrogen and oxygen atoms in total. The molecule has 0 spiro atoms. The lowest BCUT2D eigenvalue weighted by atomic mass is 10.1. The molecule has 3 aromatic carbocycles. The molecule has 0 aliphatic rings. The summed E-state index contributed by atoms with van der Waals surface area (Å²) in [5, 5.41) is 5.05. The van der Waals surface area contributed by atoms with Crippen LogP contribution in [-0.2, 0) is 11.3 Å². The second-order valence-electron chi connectivity index (χ2n) is 7.25. The van der Waals surface area contributed by atoms with Crippen molar-refractivity contribution in [2.24, 2.45) is 0 Å². The predicted octanol–water partition coefficient (Wildman–Crippen LogP) is 3.71. The van der Waals surface area contributed by atoms with Gasteiger partial charge in [-0.05, 0) is 29.8 Å². The van der Waals surface area contributed by atoms with Gasteiger partial charge in [0.2, 0.25) is 0 Å². The average Bonchev–Trinajstić information content (AvgIpc) is 2.84. The number of rotatable bonds is 5. The fourth-order valence-corrected chi connectivity index (χ4v) is 3.54. The van der Waals surface area contributed by atoms with E-state index in [2.05, 4.69) is 16.0 Å². The number of halogens is 2. The topological polar surface area (TPSA) is 93.1 Å². The number of amides is 2. The minimum Gasteiger partial charge on any atom is -0.268 e. The highest BCUT2D eigenvalue weighted by molar-refractivity contribution is 6.32. The number of carbonyl (C=O) groups excluding carboxylic acids is 2. The maximum atomic E-state index is 13.8. The van der Waals surface area contributed by atoms with Crippen LogP contribution in [0.4, 0.5) is 4.39 Å². The lowest BCUT2D eigenvalue weighted by Crippen LogP contribution is -2.42. The van der Waals surface area contributed by atoms with E-state index in [0.717, 1.165) is 11.6 Å². The van der Waals surface area contributed by atoms with E-state index in [4.69, 9.17) is 11.6 Å². The van der Waals surface area contributed by atoms with Crippen LogP contribution >= 0.6 is 11.6 Å². The Bertz CT molecular complexity index is 1450. The van der Waals surface area contributed by atoms with Crippen molar-refractivity contribution in [1.82, 2.24) is 20.6 Å². The number of benzene rings is 3. The molecule has 9 heteroatoms. The van der Waals surface area contributed by atoms with Crippen LogP contribution in [-0.4, -0.2) is 21.6 Å². The van der Waals surface area contributed by atoms with Crippen LogP contribution in [0.2, 0.25) is 5.02 Å². The van der Waals surface area contributed by atoms with E-state index in [9.17, 15) is 18.8 Å². The van der Waals surface area contributed by atoms with Crippen molar-refractivity contribution in [2.45, 2.75) is 6.54 Å².